The number of aryl methyl sites for hydroxylation is 2. The van der Waals surface area contributed by atoms with Gasteiger partial charge in [-0.3, -0.25) is 4.99 Å². The summed E-state index contributed by atoms with van der Waals surface area (Å²) in [6.07, 6.45) is 0. The van der Waals surface area contributed by atoms with Crippen molar-refractivity contribution in [3.8, 4) is 0 Å². The van der Waals surface area contributed by atoms with Gasteiger partial charge in [-0.05, 0) is 31.5 Å². The lowest BCUT2D eigenvalue weighted by Crippen LogP contribution is -2.36. The number of aromatic nitrogens is 1. The number of nitrogens with one attached hydrogen (secondary N) is 2. The number of hydrogen-bond acceptors (Lipinski definition) is 4. The first-order valence-electron chi connectivity index (χ1n) is 7.67. The molecule has 0 amide bonds. The fraction of sp³-hybridized carbons (Fsp3) is 0.412. The number of thiazole rings is 1. The van der Waals surface area contributed by atoms with Gasteiger partial charge in [0.15, 0.2) is 5.96 Å². The highest BCUT2D eigenvalue weighted by Crippen LogP contribution is 2.16. The van der Waals surface area contributed by atoms with Crippen molar-refractivity contribution in [2.75, 3.05) is 14.2 Å². The highest BCUT2D eigenvalue weighted by molar-refractivity contribution is 14.0. The third kappa shape index (κ3) is 6.52. The summed E-state index contributed by atoms with van der Waals surface area (Å²) in [5.74, 6) is 0.442. The van der Waals surface area contributed by atoms with Gasteiger partial charge in [0.25, 0.3) is 0 Å². The van der Waals surface area contributed by atoms with Gasteiger partial charge in [0.2, 0.25) is 0 Å². The highest BCUT2D eigenvalue weighted by Gasteiger charge is 2.07. The summed E-state index contributed by atoms with van der Waals surface area (Å²) >= 11 is 1.68. The third-order valence-electron chi connectivity index (χ3n) is 3.51. The molecule has 0 aliphatic rings. The van der Waals surface area contributed by atoms with E-state index in [0.717, 1.165) is 16.3 Å². The largest absolute Gasteiger partial charge is 0.380 e. The molecule has 0 unspecified atom stereocenters. The molecule has 1 aromatic heterocycles. The van der Waals surface area contributed by atoms with E-state index < -0.39 is 0 Å². The summed E-state index contributed by atoms with van der Waals surface area (Å²) in [4.78, 5) is 9.82. The van der Waals surface area contributed by atoms with Gasteiger partial charge in [0.05, 0.1) is 23.9 Å². The van der Waals surface area contributed by atoms with Crippen LogP contribution in [-0.4, -0.2) is 25.1 Å². The number of aliphatic imine (C=N–C) groups is 1. The summed E-state index contributed by atoms with van der Waals surface area (Å²) < 4.78 is 18.6. The van der Waals surface area contributed by atoms with Crippen LogP contribution in [0.4, 0.5) is 4.39 Å². The van der Waals surface area contributed by atoms with E-state index in [1.54, 1.807) is 37.6 Å². The third-order valence-corrected chi connectivity index (χ3v) is 4.58. The van der Waals surface area contributed by atoms with E-state index in [2.05, 4.69) is 20.6 Å². The minimum Gasteiger partial charge on any atom is -0.380 e. The van der Waals surface area contributed by atoms with Crippen LogP contribution in [0.5, 0.6) is 0 Å². The van der Waals surface area contributed by atoms with Crippen molar-refractivity contribution in [2.24, 2.45) is 4.99 Å². The number of guanidine groups is 1. The van der Waals surface area contributed by atoms with E-state index in [-0.39, 0.29) is 36.4 Å². The molecule has 0 saturated heterocycles. The number of rotatable bonds is 6. The van der Waals surface area contributed by atoms with Gasteiger partial charge < -0.3 is 15.4 Å². The SMILES string of the molecule is CN=C(NCc1ccc(F)c(COC)c1)NCc1sc(C)nc1C.I. The second kappa shape index (κ2) is 10.7. The van der Waals surface area contributed by atoms with E-state index in [0.29, 0.717) is 24.6 Å². The summed E-state index contributed by atoms with van der Waals surface area (Å²) in [6.45, 7) is 5.50. The molecule has 25 heavy (non-hydrogen) atoms. The Kier molecular flexibility index (Phi) is 9.30. The van der Waals surface area contributed by atoms with Crippen molar-refractivity contribution in [1.29, 1.82) is 0 Å². The van der Waals surface area contributed by atoms with Crippen molar-refractivity contribution in [2.45, 2.75) is 33.5 Å². The summed E-state index contributed by atoms with van der Waals surface area (Å²) in [5.41, 5.74) is 2.56. The number of methoxy groups -OCH3 is 1. The van der Waals surface area contributed by atoms with Crippen LogP contribution in [0.1, 0.15) is 26.7 Å². The van der Waals surface area contributed by atoms with Crippen LogP contribution < -0.4 is 10.6 Å². The average Bonchev–Trinajstić information content (AvgIpc) is 2.88. The normalized spacial score (nSPS) is 11.2. The number of nitrogens with zero attached hydrogens (tertiary/aromatic N) is 2. The molecule has 1 aromatic carbocycles. The maximum absolute atomic E-state index is 13.6. The second-order valence-corrected chi connectivity index (χ2v) is 6.67. The molecule has 0 saturated carbocycles. The fourth-order valence-electron chi connectivity index (χ4n) is 2.31. The number of halogens is 2. The first-order valence-corrected chi connectivity index (χ1v) is 8.48. The molecule has 8 heteroatoms. The molecule has 0 fully saturated rings. The van der Waals surface area contributed by atoms with Crippen molar-refractivity contribution in [1.82, 2.24) is 15.6 Å². The van der Waals surface area contributed by atoms with E-state index >= 15 is 0 Å². The molecular formula is C17H24FIN4OS. The molecular weight excluding hydrogens is 454 g/mol. The Hall–Kier alpha value is -1.26. The number of ether oxygens (including phenoxy) is 1. The molecule has 2 N–H and O–H groups in total. The number of benzene rings is 1. The van der Waals surface area contributed by atoms with Crippen LogP contribution in [0.25, 0.3) is 0 Å². The predicted molar refractivity (Wildman–Crippen MR) is 111 cm³/mol. The molecule has 2 aromatic rings. The lowest BCUT2D eigenvalue weighted by atomic mass is 10.1. The Labute approximate surface area is 169 Å². The lowest BCUT2D eigenvalue weighted by molar-refractivity contribution is 0.181. The fourth-order valence-corrected chi connectivity index (χ4v) is 3.19. The van der Waals surface area contributed by atoms with Crippen molar-refractivity contribution < 1.29 is 9.13 Å². The minimum absolute atomic E-state index is 0. The summed E-state index contributed by atoms with van der Waals surface area (Å²) in [7, 11) is 3.28. The van der Waals surface area contributed by atoms with Crippen molar-refractivity contribution in [3.63, 3.8) is 0 Å². The van der Waals surface area contributed by atoms with Gasteiger partial charge in [-0.1, -0.05) is 6.07 Å². The quantitative estimate of drug-likeness (QED) is 0.379. The molecule has 0 bridgehead atoms. The van der Waals surface area contributed by atoms with Gasteiger partial charge in [-0.2, -0.15) is 0 Å². The van der Waals surface area contributed by atoms with Crippen LogP contribution in [0.2, 0.25) is 0 Å². The Balaban J connectivity index is 0.00000312. The Morgan fingerprint density at radius 1 is 1.28 bits per heavy atom. The molecule has 138 valence electrons. The van der Waals surface area contributed by atoms with E-state index in [4.69, 9.17) is 4.74 Å². The Bertz CT molecular complexity index is 721. The first-order chi connectivity index (χ1) is 11.5. The molecule has 1 heterocycles. The zero-order chi connectivity index (χ0) is 17.5. The van der Waals surface area contributed by atoms with E-state index in [1.165, 1.54) is 10.9 Å². The summed E-state index contributed by atoms with van der Waals surface area (Å²) in [5, 5.41) is 7.56. The molecule has 0 radical (unpaired) electrons. The van der Waals surface area contributed by atoms with Crippen molar-refractivity contribution in [3.05, 3.63) is 50.7 Å². The van der Waals surface area contributed by atoms with Gasteiger partial charge in [-0.15, -0.1) is 35.3 Å². The maximum atomic E-state index is 13.6. The van der Waals surface area contributed by atoms with Crippen LogP contribution in [0, 0.1) is 19.7 Å². The molecule has 0 aliphatic heterocycles. The zero-order valence-electron chi connectivity index (χ0n) is 14.9. The lowest BCUT2D eigenvalue weighted by Gasteiger charge is -2.12. The van der Waals surface area contributed by atoms with Gasteiger partial charge in [0, 0.05) is 31.1 Å². The van der Waals surface area contributed by atoms with Crippen LogP contribution in [0.15, 0.2) is 23.2 Å². The van der Waals surface area contributed by atoms with Gasteiger partial charge >= 0.3 is 0 Å². The molecule has 0 atom stereocenters. The standard InChI is InChI=1S/C17H23FN4OS.HI/c1-11-16(24-12(2)22-11)9-21-17(19-3)20-8-13-5-6-15(18)14(7-13)10-23-4;/h5-7H,8-10H2,1-4H3,(H2,19,20,21);1H. The van der Waals surface area contributed by atoms with Crippen LogP contribution in [-0.2, 0) is 24.4 Å². The second-order valence-electron chi connectivity index (χ2n) is 5.38. The van der Waals surface area contributed by atoms with Gasteiger partial charge in [0.1, 0.15) is 5.82 Å². The average molecular weight is 478 g/mol. The highest BCUT2D eigenvalue weighted by atomic mass is 127. The topological polar surface area (TPSA) is 58.5 Å². The summed E-state index contributed by atoms with van der Waals surface area (Å²) in [6, 6.07) is 5.02. The van der Waals surface area contributed by atoms with E-state index in [9.17, 15) is 4.39 Å². The molecule has 5 nitrogen and oxygen atoms in total. The van der Waals surface area contributed by atoms with Crippen molar-refractivity contribution >= 4 is 41.3 Å². The smallest absolute Gasteiger partial charge is 0.191 e. The Morgan fingerprint density at radius 2 is 2.00 bits per heavy atom. The van der Waals surface area contributed by atoms with Crippen LogP contribution in [0.3, 0.4) is 0 Å². The van der Waals surface area contributed by atoms with Crippen LogP contribution >= 0.6 is 35.3 Å². The molecule has 2 rings (SSSR count). The maximum Gasteiger partial charge on any atom is 0.191 e. The van der Waals surface area contributed by atoms with Gasteiger partial charge in [-0.25, -0.2) is 9.37 Å². The number of hydrogen-bond donors (Lipinski definition) is 2. The minimum atomic E-state index is -0.251. The van der Waals surface area contributed by atoms with E-state index in [1.807, 2.05) is 13.8 Å². The zero-order valence-corrected chi connectivity index (χ0v) is 18.0. The first kappa shape index (κ1) is 21.8. The Morgan fingerprint density at radius 3 is 2.60 bits per heavy atom. The monoisotopic (exact) mass is 478 g/mol. The molecule has 0 spiro atoms. The molecule has 0 aliphatic carbocycles. The predicted octanol–water partition coefficient (Wildman–Crippen LogP) is 3.53.